The molecule has 1 aliphatic carbocycles. The van der Waals surface area contributed by atoms with Crippen molar-refractivity contribution < 1.29 is 0 Å². The number of guanidine groups is 1. The molecule has 2 rings (SSSR count). The lowest BCUT2D eigenvalue weighted by Gasteiger charge is -2.25. The highest BCUT2D eigenvalue weighted by Crippen LogP contribution is 2.24. The third-order valence-electron chi connectivity index (χ3n) is 2.74. The van der Waals surface area contributed by atoms with Gasteiger partial charge in [0.25, 0.3) is 0 Å². The Kier molecular flexibility index (Phi) is 5.59. The van der Waals surface area contributed by atoms with Gasteiger partial charge in [-0.15, -0.1) is 34.2 Å². The predicted molar refractivity (Wildman–Crippen MR) is 74.9 cm³/mol. The first-order valence-electron chi connectivity index (χ1n) is 5.50. The SMILES string of the molecule is Cn1nnc(CN=C(N)NCC2CCC2)n1.I. The van der Waals surface area contributed by atoms with Gasteiger partial charge in [0.2, 0.25) is 0 Å². The van der Waals surface area contributed by atoms with E-state index in [4.69, 9.17) is 5.73 Å². The fourth-order valence-corrected chi connectivity index (χ4v) is 1.54. The molecular formula is C9H18IN7. The summed E-state index contributed by atoms with van der Waals surface area (Å²) < 4.78 is 0. The number of hydrogen-bond donors (Lipinski definition) is 2. The summed E-state index contributed by atoms with van der Waals surface area (Å²) in [6, 6.07) is 0. The molecule has 1 aromatic heterocycles. The molecule has 1 fully saturated rings. The molecule has 1 saturated carbocycles. The second kappa shape index (κ2) is 6.72. The molecule has 0 atom stereocenters. The lowest BCUT2D eigenvalue weighted by molar-refractivity contribution is 0.315. The van der Waals surface area contributed by atoms with Gasteiger partial charge < -0.3 is 11.1 Å². The summed E-state index contributed by atoms with van der Waals surface area (Å²) in [5.41, 5.74) is 5.71. The highest BCUT2D eigenvalue weighted by molar-refractivity contribution is 14.0. The molecule has 1 aromatic rings. The van der Waals surface area contributed by atoms with E-state index in [1.54, 1.807) is 7.05 Å². The van der Waals surface area contributed by atoms with E-state index in [9.17, 15) is 0 Å². The molecule has 0 amide bonds. The number of hydrogen-bond acceptors (Lipinski definition) is 4. The van der Waals surface area contributed by atoms with Gasteiger partial charge >= 0.3 is 0 Å². The zero-order valence-corrected chi connectivity index (χ0v) is 12.2. The Bertz CT molecular complexity index is 371. The normalized spacial score (nSPS) is 16.2. The van der Waals surface area contributed by atoms with Gasteiger partial charge in [0, 0.05) is 6.54 Å². The molecule has 1 heterocycles. The van der Waals surface area contributed by atoms with Gasteiger partial charge in [0.05, 0.1) is 7.05 Å². The average Bonchev–Trinajstić information content (AvgIpc) is 2.59. The number of aryl methyl sites for hydroxylation is 1. The number of nitrogens with zero attached hydrogens (tertiary/aromatic N) is 5. The first kappa shape index (κ1) is 14.1. The number of tetrazole rings is 1. The Morgan fingerprint density at radius 3 is 2.88 bits per heavy atom. The van der Waals surface area contributed by atoms with Gasteiger partial charge in [-0.2, -0.15) is 4.80 Å². The van der Waals surface area contributed by atoms with Crippen molar-refractivity contribution in [1.29, 1.82) is 0 Å². The first-order valence-corrected chi connectivity index (χ1v) is 5.50. The van der Waals surface area contributed by atoms with Crippen molar-refractivity contribution in [3.8, 4) is 0 Å². The Labute approximate surface area is 117 Å². The molecule has 0 unspecified atom stereocenters. The first-order chi connectivity index (χ1) is 7.74. The van der Waals surface area contributed by atoms with Crippen molar-refractivity contribution in [2.24, 2.45) is 23.7 Å². The minimum atomic E-state index is 0. The largest absolute Gasteiger partial charge is 0.370 e. The molecule has 0 saturated heterocycles. The van der Waals surface area contributed by atoms with Crippen LogP contribution >= 0.6 is 24.0 Å². The summed E-state index contributed by atoms with van der Waals surface area (Å²) in [4.78, 5) is 5.55. The Hall–Kier alpha value is -0.930. The van der Waals surface area contributed by atoms with E-state index in [1.807, 2.05) is 0 Å². The maximum absolute atomic E-state index is 5.71. The number of nitrogens with one attached hydrogen (secondary N) is 1. The van der Waals surface area contributed by atoms with E-state index < -0.39 is 0 Å². The summed E-state index contributed by atoms with van der Waals surface area (Å²) in [7, 11) is 1.72. The molecule has 7 nitrogen and oxygen atoms in total. The van der Waals surface area contributed by atoms with Gasteiger partial charge in [-0.05, 0) is 24.0 Å². The standard InChI is InChI=1S/C9H17N7.HI/c1-16-14-8(13-15-16)6-12-9(10)11-5-7-3-2-4-7;/h7H,2-6H2,1H3,(H3,10,11,12);1H. The van der Waals surface area contributed by atoms with E-state index in [2.05, 4.69) is 25.7 Å². The van der Waals surface area contributed by atoms with Crippen molar-refractivity contribution in [1.82, 2.24) is 25.5 Å². The summed E-state index contributed by atoms with van der Waals surface area (Å²) in [6.45, 7) is 1.29. The minimum absolute atomic E-state index is 0. The highest BCUT2D eigenvalue weighted by Gasteiger charge is 2.16. The minimum Gasteiger partial charge on any atom is -0.370 e. The third kappa shape index (κ3) is 4.44. The maximum atomic E-state index is 5.71. The van der Waals surface area contributed by atoms with Crippen molar-refractivity contribution in [2.75, 3.05) is 6.54 Å². The van der Waals surface area contributed by atoms with Crippen LogP contribution in [0.25, 0.3) is 0 Å². The molecule has 3 N–H and O–H groups in total. The molecule has 0 bridgehead atoms. The Balaban J connectivity index is 0.00000144. The van der Waals surface area contributed by atoms with Crippen molar-refractivity contribution >= 4 is 29.9 Å². The van der Waals surface area contributed by atoms with Crippen molar-refractivity contribution in [3.05, 3.63) is 5.82 Å². The molecule has 1 aliphatic rings. The number of aromatic nitrogens is 4. The van der Waals surface area contributed by atoms with Gasteiger partial charge in [-0.25, -0.2) is 4.99 Å². The van der Waals surface area contributed by atoms with Crippen LogP contribution < -0.4 is 11.1 Å². The number of nitrogens with two attached hydrogens (primary N) is 1. The summed E-state index contributed by atoms with van der Waals surface area (Å²) in [5, 5.41) is 14.7. The Morgan fingerprint density at radius 1 is 1.59 bits per heavy atom. The second-order valence-electron chi connectivity index (χ2n) is 4.07. The second-order valence-corrected chi connectivity index (χ2v) is 4.07. The fraction of sp³-hybridized carbons (Fsp3) is 0.778. The monoisotopic (exact) mass is 351 g/mol. The summed E-state index contributed by atoms with van der Waals surface area (Å²) in [6.07, 6.45) is 3.94. The highest BCUT2D eigenvalue weighted by atomic mass is 127. The van der Waals surface area contributed by atoms with Crippen LogP contribution in [0, 0.1) is 5.92 Å². The van der Waals surface area contributed by atoms with Gasteiger partial charge in [-0.3, -0.25) is 0 Å². The number of aliphatic imine (C=N–C) groups is 1. The molecular weight excluding hydrogens is 333 g/mol. The molecule has 0 spiro atoms. The lowest BCUT2D eigenvalue weighted by Crippen LogP contribution is -2.37. The molecule has 0 aliphatic heterocycles. The van der Waals surface area contributed by atoms with E-state index in [0.29, 0.717) is 18.3 Å². The van der Waals surface area contributed by atoms with E-state index in [0.717, 1.165) is 12.5 Å². The average molecular weight is 351 g/mol. The van der Waals surface area contributed by atoms with E-state index in [-0.39, 0.29) is 24.0 Å². The molecule has 8 heteroatoms. The van der Waals surface area contributed by atoms with E-state index >= 15 is 0 Å². The van der Waals surface area contributed by atoms with Gasteiger partial charge in [0.15, 0.2) is 11.8 Å². The summed E-state index contributed by atoms with van der Waals surface area (Å²) in [5.74, 6) is 1.80. The third-order valence-corrected chi connectivity index (χ3v) is 2.74. The predicted octanol–water partition coefficient (Wildman–Crippen LogP) is 0.0325. The Morgan fingerprint density at radius 2 is 2.35 bits per heavy atom. The van der Waals surface area contributed by atoms with Crippen LogP contribution in [0.5, 0.6) is 0 Å². The maximum Gasteiger partial charge on any atom is 0.196 e. The smallest absolute Gasteiger partial charge is 0.196 e. The molecule has 96 valence electrons. The van der Waals surface area contributed by atoms with E-state index in [1.165, 1.54) is 24.1 Å². The summed E-state index contributed by atoms with van der Waals surface area (Å²) >= 11 is 0. The van der Waals surface area contributed by atoms with Gasteiger partial charge in [-0.1, -0.05) is 6.42 Å². The molecule has 0 aromatic carbocycles. The quantitative estimate of drug-likeness (QED) is 0.454. The van der Waals surface area contributed by atoms with Crippen molar-refractivity contribution in [2.45, 2.75) is 25.8 Å². The van der Waals surface area contributed by atoms with Crippen molar-refractivity contribution in [3.63, 3.8) is 0 Å². The van der Waals surface area contributed by atoms with Crippen LogP contribution in [-0.4, -0.2) is 32.7 Å². The zero-order chi connectivity index (χ0) is 11.4. The lowest BCUT2D eigenvalue weighted by atomic mass is 9.85. The topological polar surface area (TPSA) is 94.0 Å². The van der Waals surface area contributed by atoms with Crippen LogP contribution in [0.4, 0.5) is 0 Å². The number of halogens is 1. The van der Waals surface area contributed by atoms with Crippen LogP contribution in [0.3, 0.4) is 0 Å². The molecule has 0 radical (unpaired) electrons. The van der Waals surface area contributed by atoms with Crippen LogP contribution in [0.15, 0.2) is 4.99 Å². The zero-order valence-electron chi connectivity index (χ0n) is 9.83. The number of rotatable bonds is 4. The van der Waals surface area contributed by atoms with Crippen LogP contribution in [0.1, 0.15) is 25.1 Å². The van der Waals surface area contributed by atoms with Crippen LogP contribution in [0.2, 0.25) is 0 Å². The van der Waals surface area contributed by atoms with Crippen LogP contribution in [-0.2, 0) is 13.6 Å². The van der Waals surface area contributed by atoms with Gasteiger partial charge in [0.1, 0.15) is 6.54 Å². The molecule has 17 heavy (non-hydrogen) atoms. The fourth-order valence-electron chi connectivity index (χ4n) is 1.54.